The molecule has 2 rings (SSSR count). The highest BCUT2D eigenvalue weighted by Gasteiger charge is 2.64. The third-order valence-electron chi connectivity index (χ3n) is 4.86. The fourth-order valence-corrected chi connectivity index (χ4v) is 2.82. The first kappa shape index (κ1) is 13.9. The van der Waals surface area contributed by atoms with Crippen LogP contribution in [0.25, 0.3) is 0 Å². The van der Waals surface area contributed by atoms with Gasteiger partial charge < -0.3 is 16.3 Å². The highest BCUT2D eigenvalue weighted by atomic mass is 16.4. The third kappa shape index (κ3) is 2.32. The lowest BCUT2D eigenvalue weighted by Crippen LogP contribution is -2.22. The van der Waals surface area contributed by atoms with Gasteiger partial charge in [-0.2, -0.15) is 0 Å². The molecular formula is C15H23N3O. The molecule has 4 nitrogen and oxygen atoms in total. The van der Waals surface area contributed by atoms with Crippen molar-refractivity contribution in [1.29, 1.82) is 0 Å². The minimum atomic E-state index is 0.147. The van der Waals surface area contributed by atoms with Crippen LogP contribution in [-0.4, -0.2) is 17.1 Å². The predicted octanol–water partition coefficient (Wildman–Crippen LogP) is 2.31. The molecule has 1 aromatic carbocycles. The monoisotopic (exact) mass is 261 g/mol. The standard InChI is InChI=1S/C15H23N3O/c1-14(2)13(15(14,3)4)17-9-10-6-5-7-11(8-10)12(16)18-19/h5-8,13,17,19H,9H2,1-4H3,(H2,16,18). The molecule has 0 atom stereocenters. The molecule has 0 unspecified atom stereocenters. The van der Waals surface area contributed by atoms with Crippen molar-refractivity contribution in [2.45, 2.75) is 40.3 Å². The molecule has 0 aliphatic heterocycles. The molecule has 4 heteroatoms. The van der Waals surface area contributed by atoms with Crippen molar-refractivity contribution in [3.05, 3.63) is 35.4 Å². The number of nitrogens with zero attached hydrogens (tertiary/aromatic N) is 1. The van der Waals surface area contributed by atoms with Crippen molar-refractivity contribution in [2.24, 2.45) is 21.7 Å². The summed E-state index contributed by atoms with van der Waals surface area (Å²) in [5.74, 6) is 0.147. The Morgan fingerprint density at radius 1 is 1.32 bits per heavy atom. The van der Waals surface area contributed by atoms with Crippen LogP contribution in [0.1, 0.15) is 38.8 Å². The smallest absolute Gasteiger partial charge is 0.170 e. The maximum absolute atomic E-state index is 8.69. The van der Waals surface area contributed by atoms with Crippen LogP contribution in [0.4, 0.5) is 0 Å². The van der Waals surface area contributed by atoms with E-state index in [-0.39, 0.29) is 5.84 Å². The van der Waals surface area contributed by atoms with Gasteiger partial charge in [0.2, 0.25) is 0 Å². The Hall–Kier alpha value is -1.55. The normalized spacial score (nSPS) is 21.4. The van der Waals surface area contributed by atoms with Crippen LogP contribution in [0.15, 0.2) is 29.4 Å². The van der Waals surface area contributed by atoms with Crippen LogP contribution < -0.4 is 11.1 Å². The Morgan fingerprint density at radius 2 is 1.95 bits per heavy atom. The van der Waals surface area contributed by atoms with E-state index in [9.17, 15) is 0 Å². The maximum atomic E-state index is 8.69. The third-order valence-corrected chi connectivity index (χ3v) is 4.86. The largest absolute Gasteiger partial charge is 0.409 e. The molecule has 1 aliphatic carbocycles. The molecule has 0 bridgehead atoms. The summed E-state index contributed by atoms with van der Waals surface area (Å²) in [5.41, 5.74) is 8.14. The summed E-state index contributed by atoms with van der Waals surface area (Å²) in [5, 5.41) is 15.3. The van der Waals surface area contributed by atoms with E-state index < -0.39 is 0 Å². The molecule has 0 aromatic heterocycles. The Labute approximate surface area is 114 Å². The number of benzene rings is 1. The highest BCUT2D eigenvalue weighted by Crippen LogP contribution is 2.62. The van der Waals surface area contributed by atoms with Gasteiger partial charge in [0.25, 0.3) is 0 Å². The van der Waals surface area contributed by atoms with E-state index in [0.717, 1.165) is 17.7 Å². The van der Waals surface area contributed by atoms with Gasteiger partial charge in [0.15, 0.2) is 5.84 Å². The first-order valence-corrected chi connectivity index (χ1v) is 6.61. The minimum absolute atomic E-state index is 0.147. The van der Waals surface area contributed by atoms with Crippen molar-refractivity contribution < 1.29 is 5.21 Å². The molecular weight excluding hydrogens is 238 g/mol. The molecule has 0 saturated heterocycles. The summed E-state index contributed by atoms with van der Waals surface area (Å²) in [6.07, 6.45) is 0. The molecule has 1 aliphatic rings. The van der Waals surface area contributed by atoms with E-state index in [1.807, 2.05) is 24.3 Å². The second kappa shape index (κ2) is 4.53. The van der Waals surface area contributed by atoms with Gasteiger partial charge in [-0.1, -0.05) is 51.0 Å². The van der Waals surface area contributed by atoms with Gasteiger partial charge in [-0.3, -0.25) is 0 Å². The summed E-state index contributed by atoms with van der Waals surface area (Å²) in [7, 11) is 0. The average Bonchev–Trinajstić information content (AvgIpc) is 2.76. The average molecular weight is 261 g/mol. The van der Waals surface area contributed by atoms with E-state index in [0.29, 0.717) is 16.9 Å². The van der Waals surface area contributed by atoms with E-state index in [1.54, 1.807) is 0 Å². The molecule has 0 heterocycles. The number of amidine groups is 1. The van der Waals surface area contributed by atoms with Gasteiger partial charge >= 0.3 is 0 Å². The molecule has 4 N–H and O–H groups in total. The van der Waals surface area contributed by atoms with Crippen LogP contribution in [0, 0.1) is 10.8 Å². The fraction of sp³-hybridized carbons (Fsp3) is 0.533. The second-order valence-corrected chi connectivity index (χ2v) is 6.44. The van der Waals surface area contributed by atoms with Crippen molar-refractivity contribution in [1.82, 2.24) is 5.32 Å². The lowest BCUT2D eigenvalue weighted by Gasteiger charge is -2.08. The molecule has 104 valence electrons. The van der Waals surface area contributed by atoms with E-state index >= 15 is 0 Å². The number of nitrogens with two attached hydrogens (primary N) is 1. The van der Waals surface area contributed by atoms with Gasteiger partial charge in [0.1, 0.15) is 0 Å². The Bertz CT molecular complexity index is 492. The van der Waals surface area contributed by atoms with Gasteiger partial charge in [-0.25, -0.2) is 0 Å². The lowest BCUT2D eigenvalue weighted by atomic mass is 10.0. The zero-order valence-electron chi connectivity index (χ0n) is 12.1. The van der Waals surface area contributed by atoms with Gasteiger partial charge in [0.05, 0.1) is 0 Å². The first-order valence-electron chi connectivity index (χ1n) is 6.61. The molecule has 0 spiro atoms. The summed E-state index contributed by atoms with van der Waals surface area (Å²) < 4.78 is 0. The fourth-order valence-electron chi connectivity index (χ4n) is 2.82. The second-order valence-electron chi connectivity index (χ2n) is 6.44. The van der Waals surface area contributed by atoms with Crippen molar-refractivity contribution in [3.8, 4) is 0 Å². The first-order chi connectivity index (χ1) is 8.80. The molecule has 0 radical (unpaired) electrons. The Balaban J connectivity index is 2.02. The number of rotatable bonds is 4. The number of oxime groups is 1. The predicted molar refractivity (Wildman–Crippen MR) is 77.1 cm³/mol. The number of nitrogens with one attached hydrogen (secondary N) is 1. The quantitative estimate of drug-likeness (QED) is 0.337. The van der Waals surface area contributed by atoms with Crippen molar-refractivity contribution >= 4 is 5.84 Å². The molecule has 19 heavy (non-hydrogen) atoms. The Kier molecular flexibility index (Phi) is 3.31. The summed E-state index contributed by atoms with van der Waals surface area (Å²) in [6.45, 7) is 9.95. The zero-order chi connectivity index (χ0) is 14.3. The SMILES string of the molecule is CC1(C)C(NCc2cccc(C(N)=NO)c2)C1(C)C. The molecule has 1 fully saturated rings. The van der Waals surface area contributed by atoms with Gasteiger partial charge in [0, 0.05) is 18.2 Å². The van der Waals surface area contributed by atoms with Crippen LogP contribution in [0.2, 0.25) is 0 Å². The lowest BCUT2D eigenvalue weighted by molar-refractivity contribution is 0.318. The summed E-state index contributed by atoms with van der Waals surface area (Å²) in [4.78, 5) is 0. The molecule has 1 saturated carbocycles. The topological polar surface area (TPSA) is 70.6 Å². The number of hydrogen-bond donors (Lipinski definition) is 3. The van der Waals surface area contributed by atoms with E-state index in [2.05, 4.69) is 38.2 Å². The van der Waals surface area contributed by atoms with Crippen LogP contribution in [-0.2, 0) is 6.54 Å². The van der Waals surface area contributed by atoms with Gasteiger partial charge in [-0.05, 0) is 22.5 Å². The van der Waals surface area contributed by atoms with Crippen LogP contribution in [0.5, 0.6) is 0 Å². The van der Waals surface area contributed by atoms with Crippen molar-refractivity contribution in [3.63, 3.8) is 0 Å². The molecule has 1 aromatic rings. The van der Waals surface area contributed by atoms with Crippen LogP contribution >= 0.6 is 0 Å². The molecule has 0 amide bonds. The van der Waals surface area contributed by atoms with Crippen molar-refractivity contribution in [2.75, 3.05) is 0 Å². The minimum Gasteiger partial charge on any atom is -0.409 e. The van der Waals surface area contributed by atoms with E-state index in [1.165, 1.54) is 0 Å². The van der Waals surface area contributed by atoms with Crippen LogP contribution in [0.3, 0.4) is 0 Å². The Morgan fingerprint density at radius 3 is 2.47 bits per heavy atom. The number of hydrogen-bond acceptors (Lipinski definition) is 3. The summed E-state index contributed by atoms with van der Waals surface area (Å²) >= 11 is 0. The summed E-state index contributed by atoms with van der Waals surface area (Å²) in [6, 6.07) is 8.28. The zero-order valence-corrected chi connectivity index (χ0v) is 12.1. The maximum Gasteiger partial charge on any atom is 0.170 e. The van der Waals surface area contributed by atoms with Gasteiger partial charge in [-0.15, -0.1) is 0 Å². The van der Waals surface area contributed by atoms with E-state index in [4.69, 9.17) is 10.9 Å². The highest BCUT2D eigenvalue weighted by molar-refractivity contribution is 5.97.